The van der Waals surface area contributed by atoms with E-state index in [1.807, 2.05) is 0 Å². The van der Waals surface area contributed by atoms with Crippen LogP contribution in [0.3, 0.4) is 0 Å². The molecule has 2 aromatic rings. The Bertz CT molecular complexity index is 743. The van der Waals surface area contributed by atoms with Gasteiger partial charge in [0.25, 0.3) is 5.91 Å². The van der Waals surface area contributed by atoms with Gasteiger partial charge >= 0.3 is 0 Å². The van der Waals surface area contributed by atoms with Gasteiger partial charge in [0.1, 0.15) is 5.82 Å². The Balaban J connectivity index is 1.82. The van der Waals surface area contributed by atoms with Crippen LogP contribution in [0.4, 0.5) is 24.5 Å². The van der Waals surface area contributed by atoms with Gasteiger partial charge in [0.2, 0.25) is 0 Å². The molecule has 1 saturated heterocycles. The zero-order valence-electron chi connectivity index (χ0n) is 12.3. The summed E-state index contributed by atoms with van der Waals surface area (Å²) < 4.78 is 40.0. The Kier molecular flexibility index (Phi) is 4.23. The third-order valence-corrected chi connectivity index (χ3v) is 3.85. The predicted octanol–water partition coefficient (Wildman–Crippen LogP) is 3.96. The van der Waals surface area contributed by atoms with Crippen LogP contribution in [0.25, 0.3) is 0 Å². The third-order valence-electron chi connectivity index (χ3n) is 3.85. The normalized spacial score (nSPS) is 14.1. The minimum absolute atomic E-state index is 0.0177. The molecule has 1 fully saturated rings. The largest absolute Gasteiger partial charge is 0.371 e. The van der Waals surface area contributed by atoms with Crippen LogP contribution in [-0.4, -0.2) is 19.0 Å². The number of carbonyl (C=O) groups is 1. The fourth-order valence-electron chi connectivity index (χ4n) is 2.61. The highest BCUT2D eigenvalue weighted by molar-refractivity contribution is 6.04. The van der Waals surface area contributed by atoms with Crippen molar-refractivity contribution in [3.63, 3.8) is 0 Å². The maximum atomic E-state index is 13.9. The van der Waals surface area contributed by atoms with Gasteiger partial charge in [0.15, 0.2) is 11.6 Å². The lowest BCUT2D eigenvalue weighted by molar-refractivity contribution is 0.102. The topological polar surface area (TPSA) is 32.3 Å². The fraction of sp³-hybridized carbons (Fsp3) is 0.235. The van der Waals surface area contributed by atoms with Gasteiger partial charge in [0.05, 0.1) is 5.69 Å². The lowest BCUT2D eigenvalue weighted by Crippen LogP contribution is -2.19. The van der Waals surface area contributed by atoms with E-state index in [1.54, 1.807) is 12.1 Å². The van der Waals surface area contributed by atoms with Crippen LogP contribution in [0.5, 0.6) is 0 Å². The molecule has 0 saturated carbocycles. The van der Waals surface area contributed by atoms with Gasteiger partial charge in [-0.2, -0.15) is 0 Å². The molecule has 1 aliphatic rings. The van der Waals surface area contributed by atoms with Gasteiger partial charge in [-0.15, -0.1) is 0 Å². The number of hydrogen-bond donors (Lipinski definition) is 1. The number of nitrogens with zero attached hydrogens (tertiary/aromatic N) is 1. The van der Waals surface area contributed by atoms with E-state index in [2.05, 4.69) is 10.2 Å². The molecule has 0 unspecified atom stereocenters. The summed E-state index contributed by atoms with van der Waals surface area (Å²) >= 11 is 0. The van der Waals surface area contributed by atoms with Crippen LogP contribution in [-0.2, 0) is 0 Å². The number of benzene rings is 2. The molecule has 1 N–H and O–H groups in total. The van der Waals surface area contributed by atoms with Crippen molar-refractivity contribution in [3.05, 3.63) is 59.4 Å². The van der Waals surface area contributed by atoms with E-state index >= 15 is 0 Å². The summed E-state index contributed by atoms with van der Waals surface area (Å²) in [4.78, 5) is 14.2. The minimum atomic E-state index is -1.12. The Morgan fingerprint density at radius 3 is 2.30 bits per heavy atom. The molecular formula is C17H15F3N2O. The molecule has 1 amide bonds. The van der Waals surface area contributed by atoms with E-state index < -0.39 is 23.4 Å². The van der Waals surface area contributed by atoms with E-state index in [0.29, 0.717) is 0 Å². The zero-order chi connectivity index (χ0) is 16.4. The van der Waals surface area contributed by atoms with E-state index in [-0.39, 0.29) is 11.3 Å². The summed E-state index contributed by atoms with van der Waals surface area (Å²) in [5.41, 5.74) is 0.767. The third kappa shape index (κ3) is 3.31. The van der Waals surface area contributed by atoms with Gasteiger partial charge in [-0.3, -0.25) is 4.79 Å². The van der Waals surface area contributed by atoms with Crippen molar-refractivity contribution < 1.29 is 18.0 Å². The number of rotatable bonds is 3. The molecule has 1 heterocycles. The fourth-order valence-corrected chi connectivity index (χ4v) is 2.61. The van der Waals surface area contributed by atoms with Crippen molar-refractivity contribution in [2.45, 2.75) is 12.8 Å². The number of nitrogens with one attached hydrogen (secondary N) is 1. The molecule has 0 aromatic heterocycles. The Morgan fingerprint density at radius 1 is 0.913 bits per heavy atom. The van der Waals surface area contributed by atoms with E-state index in [1.165, 1.54) is 6.07 Å². The van der Waals surface area contributed by atoms with Crippen LogP contribution in [0.2, 0.25) is 0 Å². The summed E-state index contributed by atoms with van der Waals surface area (Å²) in [7, 11) is 0. The Hall–Kier alpha value is -2.50. The van der Waals surface area contributed by atoms with Gasteiger partial charge in [-0.1, -0.05) is 0 Å². The summed E-state index contributed by atoms with van der Waals surface area (Å²) in [6.07, 6.45) is 2.15. The van der Waals surface area contributed by atoms with Crippen molar-refractivity contribution in [1.82, 2.24) is 0 Å². The van der Waals surface area contributed by atoms with Crippen molar-refractivity contribution >= 4 is 17.3 Å². The molecule has 0 bridgehead atoms. The second kappa shape index (κ2) is 6.32. The molecule has 2 aromatic carbocycles. The first-order valence-electron chi connectivity index (χ1n) is 7.35. The summed E-state index contributed by atoms with van der Waals surface area (Å²) in [6.45, 7) is 1.78. The molecule has 0 aliphatic carbocycles. The minimum Gasteiger partial charge on any atom is -0.371 e. The molecule has 120 valence electrons. The average Bonchev–Trinajstić information content (AvgIpc) is 3.06. The van der Waals surface area contributed by atoms with Crippen LogP contribution in [0.15, 0.2) is 36.4 Å². The highest BCUT2D eigenvalue weighted by Gasteiger charge is 2.16. The van der Waals surface area contributed by atoms with Crippen molar-refractivity contribution in [3.8, 4) is 0 Å². The van der Waals surface area contributed by atoms with Crippen LogP contribution in [0, 0.1) is 17.5 Å². The van der Waals surface area contributed by atoms with Crippen molar-refractivity contribution in [2.75, 3.05) is 23.3 Å². The zero-order valence-corrected chi connectivity index (χ0v) is 12.3. The maximum absolute atomic E-state index is 13.9. The smallest absolute Gasteiger partial charge is 0.255 e. The molecule has 0 spiro atoms. The number of anilines is 2. The van der Waals surface area contributed by atoms with Gasteiger partial charge in [0, 0.05) is 24.3 Å². The van der Waals surface area contributed by atoms with Crippen LogP contribution in [0.1, 0.15) is 23.2 Å². The van der Waals surface area contributed by atoms with Gasteiger partial charge in [-0.05, 0) is 49.2 Å². The highest BCUT2D eigenvalue weighted by atomic mass is 19.2. The SMILES string of the molecule is O=C(Nc1cc(N2CCCC2)ccc1F)c1ccc(F)c(F)c1. The van der Waals surface area contributed by atoms with Crippen molar-refractivity contribution in [1.29, 1.82) is 0 Å². The number of amides is 1. The van der Waals surface area contributed by atoms with E-state index in [4.69, 9.17) is 0 Å². The molecule has 0 radical (unpaired) electrons. The molecule has 0 atom stereocenters. The van der Waals surface area contributed by atoms with E-state index in [9.17, 15) is 18.0 Å². The van der Waals surface area contributed by atoms with Crippen LogP contribution < -0.4 is 10.2 Å². The first-order chi connectivity index (χ1) is 11.0. The average molecular weight is 320 g/mol. The molecule has 3 rings (SSSR count). The lowest BCUT2D eigenvalue weighted by atomic mass is 10.2. The molecule has 3 nitrogen and oxygen atoms in total. The summed E-state index contributed by atoms with van der Waals surface area (Å²) in [5, 5.41) is 2.41. The summed E-state index contributed by atoms with van der Waals surface area (Å²) in [6, 6.07) is 7.30. The monoisotopic (exact) mass is 320 g/mol. The standard InChI is InChI=1S/C17H15F3N2O/c18-13-5-3-11(9-15(13)20)17(23)21-16-10-12(4-6-14(16)19)22-7-1-2-8-22/h3-6,9-10H,1-2,7-8H2,(H,21,23). The molecule has 6 heteroatoms. The number of hydrogen-bond acceptors (Lipinski definition) is 2. The first-order valence-corrected chi connectivity index (χ1v) is 7.35. The number of carbonyl (C=O) groups excluding carboxylic acids is 1. The summed E-state index contributed by atoms with van der Waals surface area (Å²) in [5.74, 6) is -3.43. The Labute approximate surface area is 131 Å². The van der Waals surface area contributed by atoms with Gasteiger partial charge < -0.3 is 10.2 Å². The molecule has 23 heavy (non-hydrogen) atoms. The maximum Gasteiger partial charge on any atom is 0.255 e. The predicted molar refractivity (Wildman–Crippen MR) is 82.2 cm³/mol. The van der Waals surface area contributed by atoms with Crippen LogP contribution >= 0.6 is 0 Å². The van der Waals surface area contributed by atoms with Gasteiger partial charge in [-0.25, -0.2) is 13.2 Å². The second-order valence-corrected chi connectivity index (χ2v) is 5.44. The molecular weight excluding hydrogens is 305 g/mol. The first kappa shape index (κ1) is 15.4. The second-order valence-electron chi connectivity index (χ2n) is 5.44. The Morgan fingerprint density at radius 2 is 1.61 bits per heavy atom. The van der Waals surface area contributed by atoms with E-state index in [0.717, 1.165) is 49.8 Å². The quantitative estimate of drug-likeness (QED) is 0.928. The molecule has 1 aliphatic heterocycles. The van der Waals surface area contributed by atoms with Crippen molar-refractivity contribution in [2.24, 2.45) is 0 Å². The highest BCUT2D eigenvalue weighted by Crippen LogP contribution is 2.26. The lowest BCUT2D eigenvalue weighted by Gasteiger charge is -2.19. The number of halogens is 3.